The van der Waals surface area contributed by atoms with E-state index in [1.54, 1.807) is 19.6 Å². The van der Waals surface area contributed by atoms with Crippen LogP contribution in [0.25, 0.3) is 11.0 Å². The lowest BCUT2D eigenvalue weighted by Crippen LogP contribution is -2.05. The van der Waals surface area contributed by atoms with Gasteiger partial charge >= 0.3 is 0 Å². The topological polar surface area (TPSA) is 60.0 Å². The molecule has 14 heavy (non-hydrogen) atoms. The Morgan fingerprint density at radius 3 is 3.14 bits per heavy atom. The molecule has 2 aromatic heterocycles. The third-order valence-corrected chi connectivity index (χ3v) is 1.83. The first kappa shape index (κ1) is 8.96. The number of rotatable bonds is 4. The van der Waals surface area contributed by atoms with Gasteiger partial charge in [-0.1, -0.05) is 0 Å². The molecule has 0 fully saturated rings. The van der Waals surface area contributed by atoms with E-state index in [4.69, 9.17) is 9.47 Å². The summed E-state index contributed by atoms with van der Waals surface area (Å²) in [6, 6.07) is 1.85. The van der Waals surface area contributed by atoms with Crippen molar-refractivity contribution in [3.63, 3.8) is 0 Å². The van der Waals surface area contributed by atoms with Crippen LogP contribution in [0.1, 0.15) is 0 Å². The highest BCUT2D eigenvalue weighted by atomic mass is 16.5. The molecule has 0 aliphatic rings. The quantitative estimate of drug-likeness (QED) is 0.735. The summed E-state index contributed by atoms with van der Waals surface area (Å²) in [6.45, 7) is 1.03. The maximum absolute atomic E-state index is 5.40. The van der Waals surface area contributed by atoms with Crippen LogP contribution in [-0.2, 0) is 4.74 Å². The van der Waals surface area contributed by atoms with Crippen LogP contribution in [0.15, 0.2) is 18.6 Å². The zero-order valence-corrected chi connectivity index (χ0v) is 7.86. The maximum Gasteiger partial charge on any atom is 0.242 e. The van der Waals surface area contributed by atoms with Crippen molar-refractivity contribution in [2.45, 2.75) is 0 Å². The highest BCUT2D eigenvalue weighted by molar-refractivity contribution is 5.78. The Hall–Kier alpha value is -1.62. The van der Waals surface area contributed by atoms with Crippen molar-refractivity contribution in [2.24, 2.45) is 0 Å². The lowest BCUT2D eigenvalue weighted by molar-refractivity contribution is 0.144. The van der Waals surface area contributed by atoms with E-state index >= 15 is 0 Å². The molecule has 0 aliphatic carbocycles. The van der Waals surface area contributed by atoms with Crippen molar-refractivity contribution in [3.05, 3.63) is 18.6 Å². The van der Waals surface area contributed by atoms with Crippen LogP contribution in [0.3, 0.4) is 0 Å². The second-order valence-electron chi connectivity index (χ2n) is 2.76. The number of methoxy groups -OCH3 is 1. The summed E-state index contributed by atoms with van der Waals surface area (Å²) < 4.78 is 10.3. The molecule has 0 radical (unpaired) electrons. The first-order chi connectivity index (χ1) is 6.92. The molecule has 0 atom stereocenters. The second-order valence-corrected chi connectivity index (χ2v) is 2.76. The van der Waals surface area contributed by atoms with Gasteiger partial charge in [0.1, 0.15) is 6.61 Å². The van der Waals surface area contributed by atoms with Crippen LogP contribution in [-0.4, -0.2) is 35.3 Å². The van der Waals surface area contributed by atoms with Crippen molar-refractivity contribution >= 4 is 11.0 Å². The molecule has 2 heterocycles. The molecule has 0 unspecified atom stereocenters. The molecule has 0 saturated heterocycles. The molecule has 5 heteroatoms. The van der Waals surface area contributed by atoms with Crippen LogP contribution >= 0.6 is 0 Å². The molecule has 0 bridgehead atoms. The number of pyridine rings is 1. The fourth-order valence-electron chi connectivity index (χ4n) is 1.17. The van der Waals surface area contributed by atoms with Gasteiger partial charge in [-0.15, -0.1) is 0 Å². The summed E-state index contributed by atoms with van der Waals surface area (Å²) in [4.78, 5) is 11.2. The molecule has 2 aromatic rings. The van der Waals surface area contributed by atoms with Gasteiger partial charge in [0.25, 0.3) is 0 Å². The molecule has 1 N–H and O–H groups in total. The van der Waals surface area contributed by atoms with Crippen LogP contribution in [0.4, 0.5) is 0 Å². The fourth-order valence-corrected chi connectivity index (χ4v) is 1.17. The van der Waals surface area contributed by atoms with Crippen LogP contribution in [0, 0.1) is 0 Å². The Balaban J connectivity index is 2.19. The SMILES string of the molecule is COCCOc1nccc2[nH]cnc12. The van der Waals surface area contributed by atoms with E-state index in [9.17, 15) is 0 Å². The standard InChI is InChI=1S/C9H11N3O2/c1-13-4-5-14-9-8-7(2-3-10-9)11-6-12-8/h2-3,6H,4-5H2,1H3,(H,11,12). The van der Waals surface area contributed by atoms with Crippen molar-refractivity contribution in [2.75, 3.05) is 20.3 Å². The molecule has 0 aliphatic heterocycles. The minimum Gasteiger partial charge on any atom is -0.474 e. The summed E-state index contributed by atoms with van der Waals surface area (Å²) >= 11 is 0. The van der Waals surface area contributed by atoms with Crippen LogP contribution in [0.5, 0.6) is 5.88 Å². The Morgan fingerprint density at radius 1 is 1.36 bits per heavy atom. The van der Waals surface area contributed by atoms with Gasteiger partial charge in [-0.25, -0.2) is 9.97 Å². The average molecular weight is 193 g/mol. The Kier molecular flexibility index (Phi) is 2.60. The molecule has 0 amide bonds. The summed E-state index contributed by atoms with van der Waals surface area (Å²) in [5.74, 6) is 0.542. The zero-order valence-electron chi connectivity index (χ0n) is 7.86. The van der Waals surface area contributed by atoms with Gasteiger partial charge in [0, 0.05) is 13.3 Å². The number of H-pyrrole nitrogens is 1. The summed E-state index contributed by atoms with van der Waals surface area (Å²) in [7, 11) is 1.63. The highest BCUT2D eigenvalue weighted by Crippen LogP contribution is 2.18. The maximum atomic E-state index is 5.40. The van der Waals surface area contributed by atoms with E-state index < -0.39 is 0 Å². The molecule has 0 saturated carbocycles. The number of ether oxygens (including phenoxy) is 2. The van der Waals surface area contributed by atoms with Crippen LogP contribution in [0.2, 0.25) is 0 Å². The third-order valence-electron chi connectivity index (χ3n) is 1.83. The molecular weight excluding hydrogens is 182 g/mol. The van der Waals surface area contributed by atoms with Gasteiger partial charge in [-0.3, -0.25) is 0 Å². The second kappa shape index (κ2) is 4.06. The van der Waals surface area contributed by atoms with Gasteiger partial charge in [-0.05, 0) is 6.07 Å². The minimum atomic E-state index is 0.482. The molecule has 5 nitrogen and oxygen atoms in total. The summed E-state index contributed by atoms with van der Waals surface area (Å²) in [5.41, 5.74) is 1.68. The first-order valence-corrected chi connectivity index (χ1v) is 4.31. The number of nitrogens with zero attached hydrogens (tertiary/aromatic N) is 2. The van der Waals surface area contributed by atoms with Gasteiger partial charge in [-0.2, -0.15) is 0 Å². The van der Waals surface area contributed by atoms with Crippen molar-refractivity contribution in [1.82, 2.24) is 15.0 Å². The summed E-state index contributed by atoms with van der Waals surface area (Å²) in [6.07, 6.45) is 3.30. The van der Waals surface area contributed by atoms with Gasteiger partial charge in [0.15, 0.2) is 5.52 Å². The smallest absolute Gasteiger partial charge is 0.242 e. The number of hydrogen-bond donors (Lipinski definition) is 1. The largest absolute Gasteiger partial charge is 0.474 e. The Labute approximate surface area is 81.1 Å². The van der Waals surface area contributed by atoms with E-state index in [2.05, 4.69) is 15.0 Å². The zero-order chi connectivity index (χ0) is 9.80. The van der Waals surface area contributed by atoms with E-state index in [0.29, 0.717) is 19.1 Å². The van der Waals surface area contributed by atoms with Gasteiger partial charge in [0.2, 0.25) is 5.88 Å². The Morgan fingerprint density at radius 2 is 2.29 bits per heavy atom. The number of fused-ring (bicyclic) bond motifs is 1. The predicted molar refractivity (Wildman–Crippen MR) is 51.3 cm³/mol. The molecule has 0 spiro atoms. The molecule has 2 rings (SSSR count). The monoisotopic (exact) mass is 193 g/mol. The number of nitrogens with one attached hydrogen (secondary N) is 1. The van der Waals surface area contributed by atoms with Crippen molar-refractivity contribution in [3.8, 4) is 5.88 Å². The van der Waals surface area contributed by atoms with Gasteiger partial charge < -0.3 is 14.5 Å². The number of aromatic amines is 1. The van der Waals surface area contributed by atoms with E-state index in [0.717, 1.165) is 11.0 Å². The van der Waals surface area contributed by atoms with Crippen molar-refractivity contribution in [1.29, 1.82) is 0 Å². The highest BCUT2D eigenvalue weighted by Gasteiger charge is 2.04. The number of hydrogen-bond acceptors (Lipinski definition) is 4. The fraction of sp³-hybridized carbons (Fsp3) is 0.333. The first-order valence-electron chi connectivity index (χ1n) is 4.31. The molecule has 0 aromatic carbocycles. The predicted octanol–water partition coefficient (Wildman–Crippen LogP) is 0.983. The third kappa shape index (κ3) is 1.67. The van der Waals surface area contributed by atoms with Crippen molar-refractivity contribution < 1.29 is 9.47 Å². The summed E-state index contributed by atoms with van der Waals surface area (Å²) in [5, 5.41) is 0. The number of aromatic nitrogens is 3. The minimum absolute atomic E-state index is 0.482. The van der Waals surface area contributed by atoms with E-state index in [1.807, 2.05) is 6.07 Å². The number of imidazole rings is 1. The molecular formula is C9H11N3O2. The average Bonchev–Trinajstić information content (AvgIpc) is 2.67. The van der Waals surface area contributed by atoms with E-state index in [-0.39, 0.29) is 0 Å². The lowest BCUT2D eigenvalue weighted by Gasteiger charge is -2.03. The van der Waals surface area contributed by atoms with E-state index in [1.165, 1.54) is 0 Å². The molecule has 74 valence electrons. The normalized spacial score (nSPS) is 10.6. The lowest BCUT2D eigenvalue weighted by atomic mass is 10.4. The van der Waals surface area contributed by atoms with Gasteiger partial charge in [0.05, 0.1) is 18.5 Å². The Bertz CT molecular complexity index is 413. The van der Waals surface area contributed by atoms with Crippen LogP contribution < -0.4 is 4.74 Å².